The fourth-order valence-corrected chi connectivity index (χ4v) is 1.44. The highest BCUT2D eigenvalue weighted by molar-refractivity contribution is 5.80. The highest BCUT2D eigenvalue weighted by Gasteiger charge is 2.21. The topological polar surface area (TPSA) is 69.6 Å². The van der Waals surface area contributed by atoms with Crippen molar-refractivity contribution in [3.8, 4) is 0 Å². The molecule has 2 amide bonds. The van der Waals surface area contributed by atoms with Gasteiger partial charge in [0.15, 0.2) is 0 Å². The summed E-state index contributed by atoms with van der Waals surface area (Å²) in [5, 5.41) is 11.6. The summed E-state index contributed by atoms with van der Waals surface area (Å²) >= 11 is 0. The predicted octanol–water partition coefficient (Wildman–Crippen LogP) is 2.32. The summed E-state index contributed by atoms with van der Waals surface area (Å²) in [7, 11) is 0. The smallest absolute Gasteiger partial charge is 0.323 e. The van der Waals surface area contributed by atoms with E-state index in [-0.39, 0.29) is 24.0 Å². The molecule has 0 saturated heterocycles. The summed E-state index contributed by atoms with van der Waals surface area (Å²) in [6, 6.07) is -0.369. The van der Waals surface area contributed by atoms with Crippen LogP contribution >= 0.6 is 0 Å². The van der Waals surface area contributed by atoms with Crippen LogP contribution in [0.2, 0.25) is 0 Å². The zero-order valence-corrected chi connectivity index (χ0v) is 12.1. The normalized spacial score (nSPS) is 12.9. The third-order valence-corrected chi connectivity index (χ3v) is 2.84. The summed E-state index contributed by atoms with van der Waals surface area (Å²) in [5.41, 5.74) is 0.154. The number of hydrogen-bond acceptors (Lipinski definition) is 2. The first-order valence-electron chi connectivity index (χ1n) is 6.43. The number of nitrogens with zero attached hydrogens (tertiary/aromatic N) is 1. The Balaban J connectivity index is 4.34. The van der Waals surface area contributed by atoms with Gasteiger partial charge in [0.2, 0.25) is 0 Å². The molecular weight excluding hydrogens is 232 g/mol. The molecule has 18 heavy (non-hydrogen) atoms. The Morgan fingerprint density at radius 1 is 1.33 bits per heavy atom. The number of carboxylic acid groups (broad SMARTS) is 1. The van der Waals surface area contributed by atoms with Crippen LogP contribution in [0.5, 0.6) is 0 Å². The number of carboxylic acids is 1. The zero-order chi connectivity index (χ0) is 14.3. The van der Waals surface area contributed by atoms with E-state index < -0.39 is 5.97 Å². The number of rotatable bonds is 6. The number of hydrogen-bond donors (Lipinski definition) is 2. The summed E-state index contributed by atoms with van der Waals surface area (Å²) in [4.78, 5) is 24.0. The molecule has 0 bridgehead atoms. The van der Waals surface area contributed by atoms with Gasteiger partial charge in [-0.05, 0) is 25.2 Å². The molecule has 0 aromatic heterocycles. The van der Waals surface area contributed by atoms with Crippen molar-refractivity contribution in [3.05, 3.63) is 0 Å². The number of nitrogens with one attached hydrogen (secondary N) is 1. The lowest BCUT2D eigenvalue weighted by molar-refractivity contribution is -0.138. The van der Waals surface area contributed by atoms with E-state index in [1.54, 1.807) is 0 Å². The van der Waals surface area contributed by atoms with Crippen LogP contribution in [0.1, 0.15) is 47.5 Å². The van der Waals surface area contributed by atoms with Gasteiger partial charge in [0.25, 0.3) is 0 Å². The Morgan fingerprint density at radius 3 is 2.28 bits per heavy atom. The minimum Gasteiger partial charge on any atom is -0.480 e. The van der Waals surface area contributed by atoms with Crippen molar-refractivity contribution in [3.63, 3.8) is 0 Å². The molecule has 0 aliphatic heterocycles. The Bertz CT molecular complexity index is 284. The summed E-state index contributed by atoms with van der Waals surface area (Å²) in [6.45, 7) is 10.4. The molecule has 0 heterocycles. The van der Waals surface area contributed by atoms with Gasteiger partial charge in [0.05, 0.1) is 0 Å². The first-order chi connectivity index (χ1) is 8.17. The molecular formula is C13H26N2O3. The molecule has 0 aliphatic rings. The van der Waals surface area contributed by atoms with Crippen LogP contribution in [0, 0.1) is 5.41 Å². The predicted molar refractivity (Wildman–Crippen MR) is 71.6 cm³/mol. The largest absolute Gasteiger partial charge is 0.480 e. The van der Waals surface area contributed by atoms with Crippen LogP contribution in [0.4, 0.5) is 4.79 Å². The standard InChI is InChI=1S/C13H26N2O3/c1-6-10(2)15(9-11(16)17)12(18)14-8-7-13(3,4)5/h10H,6-9H2,1-5H3,(H,14,18)(H,16,17). The summed E-state index contributed by atoms with van der Waals surface area (Å²) in [6.07, 6.45) is 1.60. The minimum absolute atomic E-state index is 0.0734. The molecule has 0 aromatic carbocycles. The first kappa shape index (κ1) is 16.7. The van der Waals surface area contributed by atoms with E-state index in [4.69, 9.17) is 5.11 Å². The summed E-state index contributed by atoms with van der Waals surface area (Å²) < 4.78 is 0. The number of aliphatic carboxylic acids is 1. The van der Waals surface area contributed by atoms with Crippen molar-refractivity contribution in [2.75, 3.05) is 13.1 Å². The van der Waals surface area contributed by atoms with Crippen molar-refractivity contribution < 1.29 is 14.7 Å². The van der Waals surface area contributed by atoms with Gasteiger partial charge in [-0.25, -0.2) is 4.79 Å². The van der Waals surface area contributed by atoms with E-state index in [0.717, 1.165) is 12.8 Å². The molecule has 0 aliphatic carbocycles. The third kappa shape index (κ3) is 7.14. The Morgan fingerprint density at radius 2 is 1.89 bits per heavy atom. The van der Waals surface area contributed by atoms with Crippen molar-refractivity contribution in [1.29, 1.82) is 0 Å². The van der Waals surface area contributed by atoms with Crippen LogP contribution in [0.15, 0.2) is 0 Å². The zero-order valence-electron chi connectivity index (χ0n) is 12.1. The maximum atomic E-state index is 11.9. The lowest BCUT2D eigenvalue weighted by Crippen LogP contribution is -2.47. The molecule has 1 unspecified atom stereocenters. The van der Waals surface area contributed by atoms with Crippen LogP contribution in [-0.2, 0) is 4.79 Å². The molecule has 1 atom stereocenters. The van der Waals surface area contributed by atoms with Crippen LogP contribution in [-0.4, -0.2) is 41.1 Å². The van der Waals surface area contributed by atoms with E-state index in [1.165, 1.54) is 4.90 Å². The number of urea groups is 1. The molecule has 0 radical (unpaired) electrons. The SMILES string of the molecule is CCC(C)N(CC(=O)O)C(=O)NCCC(C)(C)C. The maximum Gasteiger partial charge on any atom is 0.323 e. The lowest BCUT2D eigenvalue weighted by atomic mass is 9.92. The minimum atomic E-state index is -0.985. The number of carbonyl (C=O) groups is 2. The van der Waals surface area contributed by atoms with E-state index in [2.05, 4.69) is 26.1 Å². The first-order valence-corrected chi connectivity index (χ1v) is 6.43. The molecule has 0 fully saturated rings. The molecule has 0 rings (SSSR count). The average molecular weight is 258 g/mol. The molecule has 5 heteroatoms. The summed E-state index contributed by atoms with van der Waals surface area (Å²) in [5.74, 6) is -0.985. The Labute approximate surface area is 110 Å². The quantitative estimate of drug-likeness (QED) is 0.768. The van der Waals surface area contributed by atoms with E-state index in [0.29, 0.717) is 6.54 Å². The number of carbonyl (C=O) groups excluding carboxylic acids is 1. The van der Waals surface area contributed by atoms with Gasteiger partial charge in [-0.1, -0.05) is 27.7 Å². The van der Waals surface area contributed by atoms with Gasteiger partial charge in [0.1, 0.15) is 6.54 Å². The van der Waals surface area contributed by atoms with Crippen LogP contribution < -0.4 is 5.32 Å². The van der Waals surface area contributed by atoms with E-state index in [9.17, 15) is 9.59 Å². The second-order valence-corrected chi connectivity index (χ2v) is 5.82. The maximum absolute atomic E-state index is 11.9. The third-order valence-electron chi connectivity index (χ3n) is 2.84. The van der Waals surface area contributed by atoms with Gasteiger partial charge < -0.3 is 15.3 Å². The van der Waals surface area contributed by atoms with Gasteiger partial charge in [-0.2, -0.15) is 0 Å². The molecule has 0 saturated carbocycles. The van der Waals surface area contributed by atoms with E-state index >= 15 is 0 Å². The molecule has 0 aromatic rings. The second kappa shape index (κ2) is 7.24. The fraction of sp³-hybridized carbons (Fsp3) is 0.846. The van der Waals surface area contributed by atoms with E-state index in [1.807, 2.05) is 13.8 Å². The van der Waals surface area contributed by atoms with Gasteiger partial charge >= 0.3 is 12.0 Å². The van der Waals surface area contributed by atoms with Crippen molar-refractivity contribution in [2.24, 2.45) is 5.41 Å². The van der Waals surface area contributed by atoms with Crippen LogP contribution in [0.25, 0.3) is 0 Å². The van der Waals surface area contributed by atoms with Gasteiger partial charge in [-0.15, -0.1) is 0 Å². The van der Waals surface area contributed by atoms with Gasteiger partial charge in [0, 0.05) is 12.6 Å². The molecule has 0 spiro atoms. The highest BCUT2D eigenvalue weighted by atomic mass is 16.4. The molecule has 5 nitrogen and oxygen atoms in total. The molecule has 2 N–H and O–H groups in total. The average Bonchev–Trinajstić information content (AvgIpc) is 2.22. The van der Waals surface area contributed by atoms with Crippen molar-refractivity contribution in [1.82, 2.24) is 10.2 Å². The highest BCUT2D eigenvalue weighted by Crippen LogP contribution is 2.17. The van der Waals surface area contributed by atoms with Crippen molar-refractivity contribution in [2.45, 2.75) is 53.5 Å². The lowest BCUT2D eigenvalue weighted by Gasteiger charge is -2.28. The Hall–Kier alpha value is -1.26. The Kier molecular flexibility index (Phi) is 6.73. The second-order valence-electron chi connectivity index (χ2n) is 5.82. The monoisotopic (exact) mass is 258 g/mol. The van der Waals surface area contributed by atoms with Gasteiger partial charge in [-0.3, -0.25) is 4.79 Å². The molecule has 106 valence electrons. The number of amides is 2. The van der Waals surface area contributed by atoms with Crippen LogP contribution in [0.3, 0.4) is 0 Å². The van der Waals surface area contributed by atoms with Crippen molar-refractivity contribution >= 4 is 12.0 Å². The fourth-order valence-electron chi connectivity index (χ4n) is 1.44.